The molecule has 3 aromatic rings. The third kappa shape index (κ3) is 3.58. The standard InChI is InChI=1S/C20H15FN2/c21-19(23-20(22)16-10-5-2-6-11-16)18-13-7-12-17(14-18)15-8-3-1-4-9-15/h1-14,22H. The molecular formula is C20H15FN2. The van der Waals surface area contributed by atoms with Gasteiger partial charge in [0.15, 0.2) is 5.84 Å². The number of nitrogens with one attached hydrogen (secondary N) is 1. The number of amidine groups is 1. The summed E-state index contributed by atoms with van der Waals surface area (Å²) in [6, 6.07) is 25.8. The zero-order valence-electron chi connectivity index (χ0n) is 12.4. The van der Waals surface area contributed by atoms with Crippen molar-refractivity contribution in [3.8, 4) is 11.1 Å². The number of nitrogens with zero attached hydrogens (tertiary/aromatic N) is 1. The minimum absolute atomic E-state index is 0.0896. The highest BCUT2D eigenvalue weighted by Crippen LogP contribution is 2.20. The fourth-order valence-electron chi connectivity index (χ4n) is 2.28. The fraction of sp³-hybridized carbons (Fsp3) is 0. The summed E-state index contributed by atoms with van der Waals surface area (Å²) in [5.41, 5.74) is 2.88. The number of hydrogen-bond acceptors (Lipinski definition) is 1. The fourth-order valence-corrected chi connectivity index (χ4v) is 2.28. The van der Waals surface area contributed by atoms with Crippen molar-refractivity contribution in [2.75, 3.05) is 0 Å². The molecule has 0 saturated carbocycles. The third-order valence-corrected chi connectivity index (χ3v) is 3.47. The van der Waals surface area contributed by atoms with Crippen LogP contribution in [0.4, 0.5) is 4.39 Å². The quantitative estimate of drug-likeness (QED) is 0.516. The van der Waals surface area contributed by atoms with Gasteiger partial charge in [-0.2, -0.15) is 9.38 Å². The second-order valence-electron chi connectivity index (χ2n) is 5.06. The predicted molar refractivity (Wildman–Crippen MR) is 92.8 cm³/mol. The van der Waals surface area contributed by atoms with E-state index in [1.54, 1.807) is 42.5 Å². The first kappa shape index (κ1) is 14.9. The normalized spacial score (nSPS) is 11.3. The first-order valence-electron chi connectivity index (χ1n) is 7.28. The molecule has 0 saturated heterocycles. The Labute approximate surface area is 134 Å². The van der Waals surface area contributed by atoms with Crippen molar-refractivity contribution in [2.24, 2.45) is 4.99 Å². The van der Waals surface area contributed by atoms with Gasteiger partial charge in [0.1, 0.15) is 0 Å². The van der Waals surface area contributed by atoms with E-state index in [0.717, 1.165) is 11.1 Å². The van der Waals surface area contributed by atoms with E-state index in [-0.39, 0.29) is 5.84 Å². The zero-order chi connectivity index (χ0) is 16.1. The van der Waals surface area contributed by atoms with E-state index >= 15 is 0 Å². The van der Waals surface area contributed by atoms with Gasteiger partial charge >= 0.3 is 0 Å². The highest BCUT2D eigenvalue weighted by atomic mass is 19.1. The van der Waals surface area contributed by atoms with Gasteiger partial charge in [-0.05, 0) is 17.2 Å². The van der Waals surface area contributed by atoms with Crippen LogP contribution in [0, 0.1) is 5.41 Å². The Morgan fingerprint density at radius 1 is 0.696 bits per heavy atom. The van der Waals surface area contributed by atoms with Gasteiger partial charge in [-0.3, -0.25) is 5.41 Å². The highest BCUT2D eigenvalue weighted by Gasteiger charge is 2.07. The third-order valence-electron chi connectivity index (χ3n) is 3.47. The molecular weight excluding hydrogens is 287 g/mol. The van der Waals surface area contributed by atoms with Crippen molar-refractivity contribution in [2.45, 2.75) is 0 Å². The summed E-state index contributed by atoms with van der Waals surface area (Å²) in [6.45, 7) is 0. The van der Waals surface area contributed by atoms with Gasteiger partial charge in [0, 0.05) is 11.1 Å². The second kappa shape index (κ2) is 6.79. The van der Waals surface area contributed by atoms with Crippen LogP contribution in [0.2, 0.25) is 0 Å². The SMILES string of the molecule is N=C(N=C(F)c1cccc(-c2ccccc2)c1)c1ccccc1. The van der Waals surface area contributed by atoms with Gasteiger partial charge in [0.25, 0.3) is 0 Å². The highest BCUT2D eigenvalue weighted by molar-refractivity contribution is 6.08. The molecule has 0 spiro atoms. The summed E-state index contributed by atoms with van der Waals surface area (Å²) in [5.74, 6) is -0.746. The van der Waals surface area contributed by atoms with Crippen molar-refractivity contribution in [3.05, 3.63) is 96.1 Å². The topological polar surface area (TPSA) is 36.2 Å². The molecule has 0 bridgehead atoms. The molecule has 0 aliphatic carbocycles. The summed E-state index contributed by atoms with van der Waals surface area (Å²) >= 11 is 0. The van der Waals surface area contributed by atoms with Crippen LogP contribution in [0.1, 0.15) is 11.1 Å². The lowest BCUT2D eigenvalue weighted by molar-refractivity contribution is 0.809. The van der Waals surface area contributed by atoms with Gasteiger partial charge in [-0.25, -0.2) is 0 Å². The Balaban J connectivity index is 1.90. The molecule has 2 nitrogen and oxygen atoms in total. The molecule has 0 amide bonds. The van der Waals surface area contributed by atoms with E-state index in [4.69, 9.17) is 5.41 Å². The van der Waals surface area contributed by atoms with Gasteiger partial charge < -0.3 is 0 Å². The second-order valence-corrected chi connectivity index (χ2v) is 5.06. The monoisotopic (exact) mass is 302 g/mol. The molecule has 0 aromatic heterocycles. The molecule has 0 aliphatic heterocycles. The first-order valence-corrected chi connectivity index (χ1v) is 7.28. The molecule has 1 N–H and O–H groups in total. The van der Waals surface area contributed by atoms with Gasteiger partial charge in [0.2, 0.25) is 5.97 Å². The largest absolute Gasteiger partial charge is 0.282 e. The van der Waals surface area contributed by atoms with Crippen molar-refractivity contribution in [1.29, 1.82) is 5.41 Å². The summed E-state index contributed by atoms with van der Waals surface area (Å²) in [6.07, 6.45) is 0. The lowest BCUT2D eigenvalue weighted by atomic mass is 10.0. The van der Waals surface area contributed by atoms with E-state index in [1.807, 2.05) is 42.5 Å². The van der Waals surface area contributed by atoms with E-state index in [1.165, 1.54) is 0 Å². The first-order chi connectivity index (χ1) is 11.2. The van der Waals surface area contributed by atoms with Crippen LogP contribution in [0.15, 0.2) is 89.9 Å². The van der Waals surface area contributed by atoms with Gasteiger partial charge in [-0.15, -0.1) is 0 Å². The van der Waals surface area contributed by atoms with Crippen molar-refractivity contribution in [3.63, 3.8) is 0 Å². The van der Waals surface area contributed by atoms with E-state index in [0.29, 0.717) is 11.1 Å². The maximum Gasteiger partial charge on any atom is 0.222 e. The lowest BCUT2D eigenvalue weighted by Crippen LogP contribution is -2.01. The summed E-state index contributed by atoms with van der Waals surface area (Å²) in [5, 5.41) is 7.90. The molecule has 3 heteroatoms. The van der Waals surface area contributed by atoms with Crippen molar-refractivity contribution in [1.82, 2.24) is 0 Å². The van der Waals surface area contributed by atoms with Crippen LogP contribution >= 0.6 is 0 Å². The zero-order valence-corrected chi connectivity index (χ0v) is 12.4. The Kier molecular flexibility index (Phi) is 4.39. The summed E-state index contributed by atoms with van der Waals surface area (Å²) in [7, 11) is 0. The van der Waals surface area contributed by atoms with E-state index < -0.39 is 5.97 Å². The Morgan fingerprint density at radius 3 is 1.96 bits per heavy atom. The number of hydrogen-bond donors (Lipinski definition) is 1. The van der Waals surface area contributed by atoms with Crippen LogP contribution in [0.25, 0.3) is 11.1 Å². The number of halogens is 1. The lowest BCUT2D eigenvalue weighted by Gasteiger charge is -2.04. The Hall–Kier alpha value is -3.07. The minimum Gasteiger partial charge on any atom is -0.282 e. The molecule has 0 heterocycles. The average Bonchev–Trinajstić information content (AvgIpc) is 2.63. The van der Waals surface area contributed by atoms with Crippen molar-refractivity contribution < 1.29 is 4.39 Å². The van der Waals surface area contributed by atoms with Crippen LogP contribution in [0.5, 0.6) is 0 Å². The molecule has 23 heavy (non-hydrogen) atoms. The van der Waals surface area contributed by atoms with Crippen LogP contribution in [-0.2, 0) is 0 Å². The summed E-state index contributed by atoms with van der Waals surface area (Å²) in [4.78, 5) is 3.79. The molecule has 3 aromatic carbocycles. The molecule has 0 aliphatic rings. The molecule has 112 valence electrons. The maximum atomic E-state index is 14.4. The average molecular weight is 302 g/mol. The molecule has 0 radical (unpaired) electrons. The van der Waals surface area contributed by atoms with Crippen LogP contribution < -0.4 is 0 Å². The molecule has 3 rings (SSSR count). The van der Waals surface area contributed by atoms with Gasteiger partial charge in [0.05, 0.1) is 0 Å². The maximum absolute atomic E-state index is 14.4. The minimum atomic E-state index is -0.656. The molecule has 0 unspecified atom stereocenters. The van der Waals surface area contributed by atoms with E-state index in [2.05, 4.69) is 4.99 Å². The van der Waals surface area contributed by atoms with Gasteiger partial charge in [-0.1, -0.05) is 78.9 Å². The number of benzene rings is 3. The van der Waals surface area contributed by atoms with E-state index in [9.17, 15) is 4.39 Å². The molecule has 0 fully saturated rings. The Morgan fingerprint density at radius 2 is 1.26 bits per heavy atom. The number of aliphatic imine (C=N–C) groups is 1. The van der Waals surface area contributed by atoms with Crippen molar-refractivity contribution >= 4 is 11.8 Å². The van der Waals surface area contributed by atoms with Crippen LogP contribution in [-0.4, -0.2) is 11.8 Å². The smallest absolute Gasteiger partial charge is 0.222 e. The number of rotatable bonds is 3. The predicted octanol–water partition coefficient (Wildman–Crippen LogP) is 5.10. The molecule has 0 atom stereocenters. The van der Waals surface area contributed by atoms with Crippen LogP contribution in [0.3, 0.4) is 0 Å². The summed E-state index contributed by atoms with van der Waals surface area (Å²) < 4.78 is 14.4. The Bertz CT molecular complexity index is 840.